The SMILES string of the molecule is CCCOc1cncc(C2(O)CN(C(=O)OC(C)(C)C)C2)c1. The number of carbonyl (C=O) groups excluding carboxylic acids is 1. The topological polar surface area (TPSA) is 71.9 Å². The highest BCUT2D eigenvalue weighted by atomic mass is 16.6. The van der Waals surface area contributed by atoms with Crippen molar-refractivity contribution < 1.29 is 19.4 Å². The lowest BCUT2D eigenvalue weighted by Gasteiger charge is -2.46. The molecule has 0 radical (unpaired) electrons. The molecule has 22 heavy (non-hydrogen) atoms. The van der Waals surface area contributed by atoms with Gasteiger partial charge in [0.25, 0.3) is 0 Å². The Labute approximate surface area is 131 Å². The fraction of sp³-hybridized carbons (Fsp3) is 0.625. The van der Waals surface area contributed by atoms with E-state index < -0.39 is 17.3 Å². The standard InChI is InChI=1S/C16H24N2O4/c1-5-6-21-13-7-12(8-17-9-13)16(20)10-18(11-16)14(19)22-15(2,3)4/h7-9,20H,5-6,10-11H2,1-4H3. The number of rotatable bonds is 4. The zero-order valence-corrected chi connectivity index (χ0v) is 13.6. The molecule has 0 bridgehead atoms. The van der Waals surface area contributed by atoms with Crippen molar-refractivity contribution in [3.8, 4) is 5.75 Å². The van der Waals surface area contributed by atoms with Gasteiger partial charge in [0, 0.05) is 11.8 Å². The van der Waals surface area contributed by atoms with Gasteiger partial charge in [-0.25, -0.2) is 4.79 Å². The molecule has 1 aromatic rings. The number of hydrogen-bond donors (Lipinski definition) is 1. The van der Waals surface area contributed by atoms with E-state index >= 15 is 0 Å². The van der Waals surface area contributed by atoms with Gasteiger partial charge in [-0.3, -0.25) is 4.98 Å². The first-order valence-corrected chi connectivity index (χ1v) is 7.52. The molecule has 6 heteroatoms. The van der Waals surface area contributed by atoms with Gasteiger partial charge in [0.15, 0.2) is 0 Å². The lowest BCUT2D eigenvalue weighted by atomic mass is 9.87. The van der Waals surface area contributed by atoms with Crippen molar-refractivity contribution in [2.24, 2.45) is 0 Å². The Morgan fingerprint density at radius 2 is 2.09 bits per heavy atom. The molecule has 1 N–H and O–H groups in total. The minimum atomic E-state index is -1.09. The summed E-state index contributed by atoms with van der Waals surface area (Å²) < 4.78 is 10.8. The fourth-order valence-corrected chi connectivity index (χ4v) is 2.20. The van der Waals surface area contributed by atoms with E-state index in [1.165, 1.54) is 4.90 Å². The van der Waals surface area contributed by atoms with E-state index in [9.17, 15) is 9.90 Å². The fourth-order valence-electron chi connectivity index (χ4n) is 2.20. The van der Waals surface area contributed by atoms with Crippen LogP contribution in [0.2, 0.25) is 0 Å². The van der Waals surface area contributed by atoms with Crippen molar-refractivity contribution in [1.29, 1.82) is 0 Å². The summed E-state index contributed by atoms with van der Waals surface area (Å²) in [6.07, 6.45) is 3.71. The van der Waals surface area contributed by atoms with E-state index in [1.54, 1.807) is 18.5 Å². The van der Waals surface area contributed by atoms with Crippen LogP contribution >= 0.6 is 0 Å². The van der Waals surface area contributed by atoms with E-state index in [0.29, 0.717) is 17.9 Å². The quantitative estimate of drug-likeness (QED) is 0.924. The van der Waals surface area contributed by atoms with Crippen molar-refractivity contribution in [2.45, 2.75) is 45.3 Å². The summed E-state index contributed by atoms with van der Waals surface area (Å²) in [4.78, 5) is 17.5. The average Bonchev–Trinajstić information content (AvgIpc) is 2.40. The molecule has 0 aliphatic carbocycles. The zero-order chi connectivity index (χ0) is 16.4. The number of likely N-dealkylation sites (tertiary alicyclic amines) is 1. The number of aliphatic hydroxyl groups is 1. The van der Waals surface area contributed by atoms with Crippen molar-refractivity contribution in [2.75, 3.05) is 19.7 Å². The molecule has 2 rings (SSSR count). The molecule has 0 aromatic carbocycles. The number of hydrogen-bond acceptors (Lipinski definition) is 5. The van der Waals surface area contributed by atoms with Gasteiger partial charge in [-0.05, 0) is 33.3 Å². The van der Waals surface area contributed by atoms with E-state index in [1.807, 2.05) is 27.7 Å². The molecule has 1 aliphatic rings. The van der Waals surface area contributed by atoms with Crippen molar-refractivity contribution >= 4 is 6.09 Å². The Balaban J connectivity index is 1.98. The molecule has 0 unspecified atom stereocenters. The number of β-amino-alcohol motifs (C(OH)–C–C–N with tert-alkyl or cyclic N) is 1. The summed E-state index contributed by atoms with van der Waals surface area (Å²) in [6.45, 7) is 8.46. The molecule has 2 heterocycles. The van der Waals surface area contributed by atoms with Gasteiger partial charge >= 0.3 is 6.09 Å². The van der Waals surface area contributed by atoms with Crippen LogP contribution < -0.4 is 4.74 Å². The maximum absolute atomic E-state index is 11.9. The third kappa shape index (κ3) is 3.88. The molecule has 122 valence electrons. The van der Waals surface area contributed by atoms with Crippen LogP contribution in [0.1, 0.15) is 39.7 Å². The van der Waals surface area contributed by atoms with Gasteiger partial charge in [-0.2, -0.15) is 0 Å². The normalized spacial score (nSPS) is 16.9. The summed E-state index contributed by atoms with van der Waals surface area (Å²) in [6, 6.07) is 1.77. The molecule has 1 aromatic heterocycles. The molecule has 1 saturated heterocycles. The smallest absolute Gasteiger partial charge is 0.410 e. The summed E-state index contributed by atoms with van der Waals surface area (Å²) in [5.41, 5.74) is -0.976. The van der Waals surface area contributed by atoms with Crippen LogP contribution in [0.25, 0.3) is 0 Å². The van der Waals surface area contributed by atoms with E-state index in [0.717, 1.165) is 6.42 Å². The minimum absolute atomic E-state index is 0.195. The maximum Gasteiger partial charge on any atom is 0.410 e. The Morgan fingerprint density at radius 3 is 2.68 bits per heavy atom. The number of ether oxygens (including phenoxy) is 2. The predicted octanol–water partition coefficient (Wildman–Crippen LogP) is 2.31. The van der Waals surface area contributed by atoms with Crippen LogP contribution in [0.3, 0.4) is 0 Å². The minimum Gasteiger partial charge on any atom is -0.492 e. The molecule has 1 aliphatic heterocycles. The first-order chi connectivity index (χ1) is 10.2. The Hall–Kier alpha value is -1.82. The summed E-state index contributed by atoms with van der Waals surface area (Å²) in [7, 11) is 0. The highest BCUT2D eigenvalue weighted by Gasteiger charge is 2.46. The largest absolute Gasteiger partial charge is 0.492 e. The average molecular weight is 308 g/mol. The maximum atomic E-state index is 11.9. The van der Waals surface area contributed by atoms with E-state index in [-0.39, 0.29) is 13.1 Å². The lowest BCUT2D eigenvalue weighted by molar-refractivity contribution is -0.103. The first-order valence-electron chi connectivity index (χ1n) is 7.52. The Morgan fingerprint density at radius 1 is 1.41 bits per heavy atom. The highest BCUT2D eigenvalue weighted by molar-refractivity contribution is 5.70. The van der Waals surface area contributed by atoms with Crippen LogP contribution in [0, 0.1) is 0 Å². The number of nitrogens with zero attached hydrogens (tertiary/aromatic N) is 2. The highest BCUT2D eigenvalue weighted by Crippen LogP contribution is 2.33. The summed E-state index contributed by atoms with van der Waals surface area (Å²) >= 11 is 0. The van der Waals surface area contributed by atoms with Crippen LogP contribution in [0.15, 0.2) is 18.5 Å². The van der Waals surface area contributed by atoms with E-state index in [2.05, 4.69) is 4.98 Å². The first kappa shape index (κ1) is 16.5. The molecular weight excluding hydrogens is 284 g/mol. The second kappa shape index (κ2) is 6.12. The van der Waals surface area contributed by atoms with Crippen LogP contribution in [-0.2, 0) is 10.3 Å². The second-order valence-electron chi connectivity index (χ2n) is 6.63. The number of amides is 1. The Bertz CT molecular complexity index is 533. The molecule has 0 atom stereocenters. The lowest BCUT2D eigenvalue weighted by Crippen LogP contribution is -2.61. The second-order valence-corrected chi connectivity index (χ2v) is 6.63. The Kier molecular flexibility index (Phi) is 4.60. The third-order valence-corrected chi connectivity index (χ3v) is 3.28. The van der Waals surface area contributed by atoms with Gasteiger partial charge < -0.3 is 19.5 Å². The molecule has 1 fully saturated rings. The monoisotopic (exact) mass is 308 g/mol. The van der Waals surface area contributed by atoms with Gasteiger partial charge in [-0.15, -0.1) is 0 Å². The number of aromatic nitrogens is 1. The third-order valence-electron chi connectivity index (χ3n) is 3.28. The zero-order valence-electron chi connectivity index (χ0n) is 13.6. The predicted molar refractivity (Wildman–Crippen MR) is 81.7 cm³/mol. The summed E-state index contributed by atoms with van der Waals surface area (Å²) in [5.74, 6) is 0.628. The molecular formula is C16H24N2O4. The van der Waals surface area contributed by atoms with Crippen LogP contribution in [0.5, 0.6) is 5.75 Å². The number of pyridine rings is 1. The van der Waals surface area contributed by atoms with Gasteiger partial charge in [0.1, 0.15) is 17.0 Å². The summed E-state index contributed by atoms with van der Waals surface area (Å²) in [5, 5.41) is 10.6. The molecule has 0 saturated carbocycles. The van der Waals surface area contributed by atoms with Crippen LogP contribution in [0.4, 0.5) is 4.79 Å². The molecule has 0 spiro atoms. The molecule has 6 nitrogen and oxygen atoms in total. The number of carbonyl (C=O) groups is 1. The van der Waals surface area contributed by atoms with Gasteiger partial charge in [0.2, 0.25) is 0 Å². The van der Waals surface area contributed by atoms with Crippen molar-refractivity contribution in [3.05, 3.63) is 24.0 Å². The van der Waals surface area contributed by atoms with Crippen molar-refractivity contribution in [1.82, 2.24) is 9.88 Å². The van der Waals surface area contributed by atoms with E-state index in [4.69, 9.17) is 9.47 Å². The van der Waals surface area contributed by atoms with Crippen molar-refractivity contribution in [3.63, 3.8) is 0 Å². The van der Waals surface area contributed by atoms with Gasteiger partial charge in [-0.1, -0.05) is 6.92 Å². The van der Waals surface area contributed by atoms with Crippen LogP contribution in [-0.4, -0.2) is 46.4 Å². The molecule has 1 amide bonds. The van der Waals surface area contributed by atoms with Gasteiger partial charge in [0.05, 0.1) is 25.9 Å².